The number of carbonyl (C=O) groups is 1. The summed E-state index contributed by atoms with van der Waals surface area (Å²) in [6.45, 7) is 0. The Hall–Kier alpha value is -1.47. The molecule has 1 N–H and O–H groups in total. The van der Waals surface area contributed by atoms with Crippen LogP contribution in [0.25, 0.3) is 0 Å². The number of carbonyl (C=O) groups excluding carboxylic acids is 1. The molecule has 1 fully saturated rings. The number of hydrogen-bond acceptors (Lipinski definition) is 4. The molecule has 20 heavy (non-hydrogen) atoms. The van der Waals surface area contributed by atoms with Gasteiger partial charge < -0.3 is 10.1 Å². The number of nitrogens with one attached hydrogen (secondary N) is 1. The monoisotopic (exact) mass is 342 g/mol. The van der Waals surface area contributed by atoms with Crippen molar-refractivity contribution in [1.82, 2.24) is 5.32 Å². The maximum absolute atomic E-state index is 12.2. The van der Waals surface area contributed by atoms with E-state index in [1.165, 1.54) is 12.1 Å². The van der Waals surface area contributed by atoms with Gasteiger partial charge in [0, 0.05) is 13.2 Å². The van der Waals surface area contributed by atoms with Crippen molar-refractivity contribution in [3.8, 4) is 0 Å². The Morgan fingerprint density at radius 3 is 2.90 bits per heavy atom. The third-order valence-corrected chi connectivity index (χ3v) is 4.32. The van der Waals surface area contributed by atoms with Crippen LogP contribution in [0.2, 0.25) is 0 Å². The predicted octanol–water partition coefficient (Wildman–Crippen LogP) is 2.65. The first kappa shape index (κ1) is 14.9. The molecule has 1 aliphatic carbocycles. The second-order valence-corrected chi connectivity index (χ2v) is 5.47. The molecule has 2 rings (SSSR count). The van der Waals surface area contributed by atoms with Crippen LogP contribution in [-0.4, -0.2) is 30.1 Å². The van der Waals surface area contributed by atoms with E-state index in [9.17, 15) is 14.9 Å². The van der Waals surface area contributed by atoms with E-state index in [4.69, 9.17) is 4.74 Å². The summed E-state index contributed by atoms with van der Waals surface area (Å²) in [5.74, 6) is -0.325. The molecule has 0 saturated heterocycles. The van der Waals surface area contributed by atoms with Crippen LogP contribution in [0.1, 0.15) is 29.6 Å². The van der Waals surface area contributed by atoms with Crippen molar-refractivity contribution in [3.05, 3.63) is 38.3 Å². The fraction of sp³-hybridized carbons (Fsp3) is 0.462. The molecule has 1 amide bonds. The van der Waals surface area contributed by atoms with Gasteiger partial charge >= 0.3 is 0 Å². The zero-order valence-electron chi connectivity index (χ0n) is 11.0. The first-order chi connectivity index (χ1) is 9.54. The maximum Gasteiger partial charge on any atom is 0.284 e. The van der Waals surface area contributed by atoms with E-state index in [-0.39, 0.29) is 33.8 Å². The highest BCUT2D eigenvalue weighted by Crippen LogP contribution is 2.29. The smallest absolute Gasteiger partial charge is 0.284 e. The standard InChI is InChI=1S/C13H15BrN2O4/c1-20-11-7-3-5-9(11)15-13(17)8-4-2-6-10(12(8)14)16(18)19/h2,4,6,9,11H,3,5,7H2,1H3,(H,15,17). The molecule has 6 nitrogen and oxygen atoms in total. The predicted molar refractivity (Wildman–Crippen MR) is 76.7 cm³/mol. The summed E-state index contributed by atoms with van der Waals surface area (Å²) in [5, 5.41) is 13.7. The van der Waals surface area contributed by atoms with Gasteiger partial charge in [-0.3, -0.25) is 14.9 Å². The number of halogens is 1. The van der Waals surface area contributed by atoms with Crippen LogP contribution in [0.15, 0.2) is 22.7 Å². The first-order valence-electron chi connectivity index (χ1n) is 6.31. The summed E-state index contributed by atoms with van der Waals surface area (Å²) >= 11 is 3.13. The summed E-state index contributed by atoms with van der Waals surface area (Å²) in [6, 6.07) is 4.37. The van der Waals surface area contributed by atoms with Crippen LogP contribution in [0, 0.1) is 10.1 Å². The van der Waals surface area contributed by atoms with E-state index < -0.39 is 4.92 Å². The number of nitro benzene ring substituents is 1. The molecule has 108 valence electrons. The molecule has 0 heterocycles. The molecule has 0 aromatic heterocycles. The van der Waals surface area contributed by atoms with Crippen molar-refractivity contribution in [3.63, 3.8) is 0 Å². The lowest BCUT2D eigenvalue weighted by atomic mass is 10.1. The Balaban J connectivity index is 2.17. The molecule has 1 aromatic rings. The highest BCUT2D eigenvalue weighted by atomic mass is 79.9. The van der Waals surface area contributed by atoms with E-state index in [1.807, 2.05) is 0 Å². The number of methoxy groups -OCH3 is 1. The molecule has 0 spiro atoms. The third kappa shape index (κ3) is 2.99. The lowest BCUT2D eigenvalue weighted by Gasteiger charge is -2.19. The third-order valence-electron chi connectivity index (χ3n) is 3.49. The fourth-order valence-corrected chi connectivity index (χ4v) is 3.04. The van der Waals surface area contributed by atoms with Crippen molar-refractivity contribution >= 4 is 27.5 Å². The number of nitro groups is 1. The van der Waals surface area contributed by atoms with Gasteiger partial charge in [-0.25, -0.2) is 0 Å². The minimum Gasteiger partial charge on any atom is -0.379 e. The molecule has 7 heteroatoms. The number of amides is 1. The van der Waals surface area contributed by atoms with Crippen LogP contribution in [0.5, 0.6) is 0 Å². The van der Waals surface area contributed by atoms with Gasteiger partial charge in [-0.15, -0.1) is 0 Å². The fourth-order valence-electron chi connectivity index (χ4n) is 2.46. The highest BCUT2D eigenvalue weighted by Gasteiger charge is 2.29. The number of benzene rings is 1. The average molecular weight is 343 g/mol. The molecule has 0 bridgehead atoms. The van der Waals surface area contributed by atoms with Crippen LogP contribution < -0.4 is 5.32 Å². The van der Waals surface area contributed by atoms with E-state index in [0.29, 0.717) is 0 Å². The van der Waals surface area contributed by atoms with Crippen molar-refractivity contribution in [2.45, 2.75) is 31.4 Å². The van der Waals surface area contributed by atoms with Crippen molar-refractivity contribution in [2.24, 2.45) is 0 Å². The van der Waals surface area contributed by atoms with Gasteiger partial charge in [0.2, 0.25) is 0 Å². The molecule has 1 aliphatic rings. The normalized spacial score (nSPS) is 21.7. The number of hydrogen-bond donors (Lipinski definition) is 1. The van der Waals surface area contributed by atoms with E-state index in [2.05, 4.69) is 21.2 Å². The molecule has 2 atom stereocenters. The van der Waals surface area contributed by atoms with Crippen LogP contribution in [0.4, 0.5) is 5.69 Å². The van der Waals surface area contributed by atoms with Crippen LogP contribution in [-0.2, 0) is 4.74 Å². The van der Waals surface area contributed by atoms with Crippen LogP contribution >= 0.6 is 15.9 Å². The minimum absolute atomic E-state index is 0.0106. The summed E-state index contributed by atoms with van der Waals surface area (Å²) < 4.78 is 5.52. The van der Waals surface area contributed by atoms with Crippen molar-refractivity contribution < 1.29 is 14.5 Å². The lowest BCUT2D eigenvalue weighted by molar-refractivity contribution is -0.385. The second-order valence-electron chi connectivity index (χ2n) is 4.68. The molecule has 0 aliphatic heterocycles. The topological polar surface area (TPSA) is 81.5 Å². The molecular weight excluding hydrogens is 328 g/mol. The van der Waals surface area contributed by atoms with Crippen molar-refractivity contribution in [2.75, 3.05) is 7.11 Å². The van der Waals surface area contributed by atoms with Gasteiger partial charge in [-0.2, -0.15) is 0 Å². The lowest BCUT2D eigenvalue weighted by Crippen LogP contribution is -2.40. The highest BCUT2D eigenvalue weighted by molar-refractivity contribution is 9.10. The van der Waals surface area contributed by atoms with Gasteiger partial charge in [0.05, 0.1) is 22.6 Å². The number of rotatable bonds is 4. The van der Waals surface area contributed by atoms with E-state index >= 15 is 0 Å². The zero-order chi connectivity index (χ0) is 14.7. The van der Waals surface area contributed by atoms with E-state index in [1.54, 1.807) is 13.2 Å². The SMILES string of the molecule is COC1CCCC1NC(=O)c1cccc([N+](=O)[O-])c1Br. The summed E-state index contributed by atoms with van der Waals surface area (Å²) in [5.41, 5.74) is 0.147. The second kappa shape index (κ2) is 6.32. The van der Waals surface area contributed by atoms with Gasteiger partial charge in [0.15, 0.2) is 0 Å². The molecular formula is C13H15BrN2O4. The Morgan fingerprint density at radius 1 is 1.50 bits per heavy atom. The van der Waals surface area contributed by atoms with Crippen molar-refractivity contribution in [1.29, 1.82) is 0 Å². The molecule has 1 aromatic carbocycles. The molecule has 1 saturated carbocycles. The Bertz CT molecular complexity index is 535. The van der Waals surface area contributed by atoms with Crippen LogP contribution in [0.3, 0.4) is 0 Å². The van der Waals surface area contributed by atoms with E-state index in [0.717, 1.165) is 19.3 Å². The number of ether oxygens (including phenoxy) is 1. The summed E-state index contributed by atoms with van der Waals surface area (Å²) in [6.07, 6.45) is 2.78. The Labute approximate surface area is 124 Å². The Kier molecular flexibility index (Phi) is 4.72. The molecule has 0 radical (unpaired) electrons. The maximum atomic E-state index is 12.2. The minimum atomic E-state index is -0.519. The first-order valence-corrected chi connectivity index (χ1v) is 7.10. The molecule has 2 unspecified atom stereocenters. The average Bonchev–Trinajstić information content (AvgIpc) is 2.85. The number of nitrogens with zero attached hydrogens (tertiary/aromatic N) is 1. The summed E-state index contributed by atoms with van der Waals surface area (Å²) in [4.78, 5) is 22.6. The zero-order valence-corrected chi connectivity index (χ0v) is 12.6. The Morgan fingerprint density at radius 2 is 2.25 bits per heavy atom. The quantitative estimate of drug-likeness (QED) is 0.673. The summed E-state index contributed by atoms with van der Waals surface area (Å²) in [7, 11) is 1.62. The van der Waals surface area contributed by atoms with Gasteiger partial charge in [-0.05, 0) is 41.3 Å². The van der Waals surface area contributed by atoms with Gasteiger partial charge in [-0.1, -0.05) is 6.07 Å². The largest absolute Gasteiger partial charge is 0.379 e. The van der Waals surface area contributed by atoms with Gasteiger partial charge in [0.1, 0.15) is 4.47 Å². The van der Waals surface area contributed by atoms with Gasteiger partial charge in [0.25, 0.3) is 11.6 Å².